The highest BCUT2D eigenvalue weighted by Crippen LogP contribution is 2.24. The summed E-state index contributed by atoms with van der Waals surface area (Å²) < 4.78 is 6.70. The van der Waals surface area contributed by atoms with Gasteiger partial charge in [-0.25, -0.2) is 15.0 Å². The van der Waals surface area contributed by atoms with Gasteiger partial charge in [-0.2, -0.15) is 0 Å². The summed E-state index contributed by atoms with van der Waals surface area (Å²) in [5.41, 5.74) is 2.16. The molecule has 1 unspecified atom stereocenters. The van der Waals surface area contributed by atoms with Gasteiger partial charge >= 0.3 is 0 Å². The summed E-state index contributed by atoms with van der Waals surface area (Å²) >= 11 is 1.77. The van der Waals surface area contributed by atoms with Crippen LogP contribution in [0.1, 0.15) is 23.0 Å². The quantitative estimate of drug-likeness (QED) is 0.690. The minimum atomic E-state index is 0.403. The number of rotatable bonds is 7. The lowest BCUT2D eigenvalue weighted by Crippen LogP contribution is -2.25. The topological polar surface area (TPSA) is 63.2 Å². The summed E-state index contributed by atoms with van der Waals surface area (Å²) in [6.45, 7) is 4.20. The maximum Gasteiger partial charge on any atom is 0.129 e. The third kappa shape index (κ3) is 4.17. The van der Waals surface area contributed by atoms with Gasteiger partial charge in [-0.05, 0) is 25.6 Å². The molecule has 1 saturated heterocycles. The molecule has 0 bridgehead atoms. The first-order valence-electron chi connectivity index (χ1n) is 8.94. The van der Waals surface area contributed by atoms with Crippen molar-refractivity contribution in [1.29, 1.82) is 0 Å². The lowest BCUT2D eigenvalue weighted by atomic mass is 10.1. The Morgan fingerprint density at radius 3 is 3.08 bits per heavy atom. The number of para-hydroxylation sites is 1. The van der Waals surface area contributed by atoms with Crippen LogP contribution in [0.2, 0.25) is 0 Å². The summed E-state index contributed by atoms with van der Waals surface area (Å²) in [7, 11) is 2.12. The maximum absolute atomic E-state index is 5.45. The highest BCUT2D eigenvalue weighted by Gasteiger charge is 2.19. The number of nitrogens with zero attached hydrogens (tertiary/aromatic N) is 4. The largest absolute Gasteiger partial charge is 0.381 e. The molecule has 4 rings (SSSR count). The minimum absolute atomic E-state index is 0.403. The molecule has 6 nitrogen and oxygen atoms in total. The Labute approximate surface area is 157 Å². The number of hydrogen-bond acceptors (Lipinski definition) is 7. The molecule has 2 aromatic heterocycles. The smallest absolute Gasteiger partial charge is 0.129 e. The molecule has 7 heteroatoms. The van der Waals surface area contributed by atoms with Crippen LogP contribution in [0.4, 0.5) is 5.82 Å². The number of ether oxygens (including phenoxy) is 1. The Morgan fingerprint density at radius 2 is 2.23 bits per heavy atom. The Hall–Kier alpha value is -2.09. The number of aromatic nitrogens is 3. The van der Waals surface area contributed by atoms with Crippen molar-refractivity contribution in [1.82, 2.24) is 19.9 Å². The van der Waals surface area contributed by atoms with Gasteiger partial charge in [-0.15, -0.1) is 11.3 Å². The molecular weight excluding hydrogens is 346 g/mol. The van der Waals surface area contributed by atoms with E-state index in [0.29, 0.717) is 5.92 Å². The number of anilines is 1. The molecule has 1 N–H and O–H groups in total. The number of likely N-dealkylation sites (N-methyl/N-ethyl adjacent to an activating group) is 1. The zero-order valence-electron chi connectivity index (χ0n) is 14.9. The van der Waals surface area contributed by atoms with Gasteiger partial charge < -0.3 is 10.1 Å². The summed E-state index contributed by atoms with van der Waals surface area (Å²) in [4.78, 5) is 15.7. The molecule has 26 heavy (non-hydrogen) atoms. The van der Waals surface area contributed by atoms with Crippen molar-refractivity contribution in [2.45, 2.75) is 18.9 Å². The summed E-state index contributed by atoms with van der Waals surface area (Å²) in [6, 6.07) is 10.3. The second kappa shape index (κ2) is 8.07. The predicted molar refractivity (Wildman–Crippen MR) is 105 cm³/mol. The molecule has 3 aromatic rings. The first-order valence-corrected chi connectivity index (χ1v) is 9.76. The number of nitrogens with one attached hydrogen (secondary N) is 1. The van der Waals surface area contributed by atoms with Gasteiger partial charge in [0.2, 0.25) is 0 Å². The monoisotopic (exact) mass is 369 g/mol. The zero-order valence-corrected chi connectivity index (χ0v) is 15.7. The van der Waals surface area contributed by atoms with Crippen LogP contribution >= 0.6 is 11.3 Å². The molecule has 1 atom stereocenters. The van der Waals surface area contributed by atoms with Crippen molar-refractivity contribution < 1.29 is 4.74 Å². The van der Waals surface area contributed by atoms with E-state index in [1.165, 1.54) is 4.70 Å². The van der Waals surface area contributed by atoms with Crippen LogP contribution in [0.25, 0.3) is 10.2 Å². The van der Waals surface area contributed by atoms with Gasteiger partial charge in [0.1, 0.15) is 17.2 Å². The van der Waals surface area contributed by atoms with Crippen molar-refractivity contribution in [2.24, 2.45) is 0 Å². The van der Waals surface area contributed by atoms with E-state index in [9.17, 15) is 0 Å². The van der Waals surface area contributed by atoms with E-state index in [1.807, 2.05) is 12.1 Å². The second-order valence-electron chi connectivity index (χ2n) is 6.63. The first kappa shape index (κ1) is 17.3. The second-order valence-corrected chi connectivity index (χ2v) is 7.74. The molecule has 0 spiro atoms. The van der Waals surface area contributed by atoms with Crippen LogP contribution in [-0.4, -0.2) is 53.2 Å². The fourth-order valence-electron chi connectivity index (χ4n) is 3.13. The van der Waals surface area contributed by atoms with E-state index < -0.39 is 0 Å². The average Bonchev–Trinajstić information content (AvgIpc) is 3.31. The van der Waals surface area contributed by atoms with Gasteiger partial charge in [-0.1, -0.05) is 12.1 Å². The van der Waals surface area contributed by atoms with Crippen molar-refractivity contribution >= 4 is 27.4 Å². The highest BCUT2D eigenvalue weighted by atomic mass is 32.1. The Kier molecular flexibility index (Phi) is 5.38. The van der Waals surface area contributed by atoms with Crippen LogP contribution in [0.15, 0.2) is 36.7 Å². The average molecular weight is 369 g/mol. The van der Waals surface area contributed by atoms with Crippen LogP contribution in [-0.2, 0) is 11.3 Å². The van der Waals surface area contributed by atoms with E-state index >= 15 is 0 Å². The normalized spacial score (nSPS) is 17.2. The van der Waals surface area contributed by atoms with Crippen LogP contribution in [0, 0.1) is 0 Å². The van der Waals surface area contributed by atoms with E-state index in [-0.39, 0.29) is 0 Å². The van der Waals surface area contributed by atoms with Crippen molar-refractivity contribution in [3.05, 3.63) is 47.4 Å². The fourth-order valence-corrected chi connectivity index (χ4v) is 4.18. The summed E-state index contributed by atoms with van der Waals surface area (Å²) in [5.74, 6) is 1.29. The standard InChI is InChI=1S/C19H23N5OS/c1-24(11-19-23-15-4-2-3-5-17(15)26-19)8-7-20-18-10-16(21-13-22-18)14-6-9-25-12-14/h2-5,10,13-14H,6-9,11-12H2,1H3,(H,20,21,22). The molecule has 0 aliphatic carbocycles. The van der Waals surface area contributed by atoms with Gasteiger partial charge in [0, 0.05) is 31.7 Å². The summed E-state index contributed by atoms with van der Waals surface area (Å²) in [5, 5.41) is 4.55. The van der Waals surface area contributed by atoms with Gasteiger partial charge in [0.25, 0.3) is 0 Å². The molecule has 0 saturated carbocycles. The van der Waals surface area contributed by atoms with Gasteiger partial charge in [-0.3, -0.25) is 4.90 Å². The Morgan fingerprint density at radius 1 is 1.31 bits per heavy atom. The Balaban J connectivity index is 1.28. The molecule has 136 valence electrons. The van der Waals surface area contributed by atoms with Crippen LogP contribution < -0.4 is 5.32 Å². The number of hydrogen-bond donors (Lipinski definition) is 1. The highest BCUT2D eigenvalue weighted by molar-refractivity contribution is 7.18. The molecule has 1 fully saturated rings. The number of benzene rings is 1. The molecule has 1 aromatic carbocycles. The number of fused-ring (bicyclic) bond motifs is 1. The molecular formula is C19H23N5OS. The summed E-state index contributed by atoms with van der Waals surface area (Å²) in [6.07, 6.45) is 2.68. The lowest BCUT2D eigenvalue weighted by molar-refractivity contribution is 0.193. The molecule has 0 radical (unpaired) electrons. The first-order chi connectivity index (χ1) is 12.8. The zero-order chi connectivity index (χ0) is 17.8. The maximum atomic E-state index is 5.45. The van der Waals surface area contributed by atoms with E-state index in [4.69, 9.17) is 9.72 Å². The van der Waals surface area contributed by atoms with Crippen molar-refractivity contribution in [3.8, 4) is 0 Å². The SMILES string of the molecule is CN(CCNc1cc(C2CCOC2)ncn1)Cc1nc2ccccc2s1. The lowest BCUT2D eigenvalue weighted by Gasteiger charge is -2.16. The third-order valence-corrected chi connectivity index (χ3v) is 5.60. The van der Waals surface area contributed by atoms with E-state index in [2.05, 4.69) is 45.4 Å². The van der Waals surface area contributed by atoms with Crippen molar-refractivity contribution in [2.75, 3.05) is 38.7 Å². The minimum Gasteiger partial charge on any atom is -0.381 e. The third-order valence-electron chi connectivity index (χ3n) is 4.58. The van der Waals surface area contributed by atoms with Crippen LogP contribution in [0.3, 0.4) is 0 Å². The molecule has 1 aliphatic rings. The molecule has 1 aliphatic heterocycles. The number of thiazole rings is 1. The van der Waals surface area contributed by atoms with E-state index in [1.54, 1.807) is 17.7 Å². The fraction of sp³-hybridized carbons (Fsp3) is 0.421. The molecule has 0 amide bonds. The predicted octanol–water partition coefficient (Wildman–Crippen LogP) is 3.13. The van der Waals surface area contributed by atoms with Crippen molar-refractivity contribution in [3.63, 3.8) is 0 Å². The molecule has 3 heterocycles. The van der Waals surface area contributed by atoms with E-state index in [0.717, 1.165) is 61.3 Å². The van der Waals surface area contributed by atoms with Gasteiger partial charge in [0.05, 0.1) is 29.1 Å². The van der Waals surface area contributed by atoms with Gasteiger partial charge in [0.15, 0.2) is 0 Å². The Bertz CT molecular complexity index is 829. The van der Waals surface area contributed by atoms with Crippen LogP contribution in [0.5, 0.6) is 0 Å².